The standard InChI is InChI=1S/C17H28N4/c1-13-4-5-16(12-14(13)2)20-15-6-10-21(11-7-15)17-18-8-3-9-19-17/h3,8-9,13-16,20H,4-7,10-12H2,1-2H3. The summed E-state index contributed by atoms with van der Waals surface area (Å²) >= 11 is 0. The van der Waals surface area contributed by atoms with Crippen molar-refractivity contribution in [3.05, 3.63) is 18.5 Å². The molecular weight excluding hydrogens is 260 g/mol. The van der Waals surface area contributed by atoms with Crippen LogP contribution in [0.2, 0.25) is 0 Å². The molecule has 3 rings (SSSR count). The van der Waals surface area contributed by atoms with Crippen LogP contribution in [0.3, 0.4) is 0 Å². The third-order valence-corrected chi connectivity index (χ3v) is 5.40. The highest BCUT2D eigenvalue weighted by Crippen LogP contribution is 2.30. The highest BCUT2D eigenvalue weighted by atomic mass is 15.3. The van der Waals surface area contributed by atoms with Crippen molar-refractivity contribution in [1.29, 1.82) is 0 Å². The van der Waals surface area contributed by atoms with Crippen LogP contribution < -0.4 is 10.2 Å². The molecule has 2 heterocycles. The van der Waals surface area contributed by atoms with Gasteiger partial charge < -0.3 is 10.2 Å². The van der Waals surface area contributed by atoms with Crippen molar-refractivity contribution < 1.29 is 0 Å². The molecule has 0 amide bonds. The largest absolute Gasteiger partial charge is 0.341 e. The second kappa shape index (κ2) is 6.73. The molecule has 3 atom stereocenters. The average Bonchev–Trinajstić information content (AvgIpc) is 2.53. The predicted molar refractivity (Wildman–Crippen MR) is 86.4 cm³/mol. The van der Waals surface area contributed by atoms with Crippen LogP contribution in [0.15, 0.2) is 18.5 Å². The van der Waals surface area contributed by atoms with Gasteiger partial charge in [0.15, 0.2) is 0 Å². The van der Waals surface area contributed by atoms with Crippen molar-refractivity contribution >= 4 is 5.95 Å². The van der Waals surface area contributed by atoms with Gasteiger partial charge in [-0.1, -0.05) is 13.8 Å². The molecule has 21 heavy (non-hydrogen) atoms. The lowest BCUT2D eigenvalue weighted by molar-refractivity contribution is 0.208. The summed E-state index contributed by atoms with van der Waals surface area (Å²) in [6.45, 7) is 6.95. The van der Waals surface area contributed by atoms with Gasteiger partial charge in [-0.25, -0.2) is 9.97 Å². The average molecular weight is 288 g/mol. The van der Waals surface area contributed by atoms with Gasteiger partial charge in [-0.05, 0) is 50.0 Å². The third-order valence-electron chi connectivity index (χ3n) is 5.40. The summed E-state index contributed by atoms with van der Waals surface area (Å²) in [5, 5.41) is 3.91. The maximum Gasteiger partial charge on any atom is 0.225 e. The molecule has 1 N–H and O–H groups in total. The zero-order valence-corrected chi connectivity index (χ0v) is 13.3. The fourth-order valence-corrected chi connectivity index (χ4v) is 3.73. The molecule has 4 nitrogen and oxygen atoms in total. The molecule has 0 bridgehead atoms. The van der Waals surface area contributed by atoms with Crippen molar-refractivity contribution in [3.8, 4) is 0 Å². The van der Waals surface area contributed by atoms with Crippen LogP contribution in [0.4, 0.5) is 5.95 Å². The minimum absolute atomic E-state index is 0.676. The van der Waals surface area contributed by atoms with E-state index in [0.717, 1.165) is 36.9 Å². The number of aromatic nitrogens is 2. The molecule has 2 fully saturated rings. The van der Waals surface area contributed by atoms with Gasteiger partial charge in [0, 0.05) is 37.6 Å². The quantitative estimate of drug-likeness (QED) is 0.928. The molecule has 116 valence electrons. The van der Waals surface area contributed by atoms with E-state index in [1.165, 1.54) is 32.1 Å². The zero-order valence-electron chi connectivity index (χ0n) is 13.3. The first-order valence-corrected chi connectivity index (χ1v) is 8.50. The molecule has 0 spiro atoms. The van der Waals surface area contributed by atoms with Crippen molar-refractivity contribution in [2.24, 2.45) is 11.8 Å². The van der Waals surface area contributed by atoms with Crippen LogP contribution in [-0.2, 0) is 0 Å². The summed E-state index contributed by atoms with van der Waals surface area (Å²) in [5.41, 5.74) is 0. The van der Waals surface area contributed by atoms with Gasteiger partial charge >= 0.3 is 0 Å². The lowest BCUT2D eigenvalue weighted by Crippen LogP contribution is -2.48. The van der Waals surface area contributed by atoms with E-state index in [9.17, 15) is 0 Å². The summed E-state index contributed by atoms with van der Waals surface area (Å²) < 4.78 is 0. The maximum atomic E-state index is 4.36. The summed E-state index contributed by atoms with van der Waals surface area (Å²) in [7, 11) is 0. The molecule has 1 aliphatic heterocycles. The number of hydrogen-bond acceptors (Lipinski definition) is 4. The second-order valence-electron chi connectivity index (χ2n) is 6.94. The first-order valence-electron chi connectivity index (χ1n) is 8.50. The second-order valence-corrected chi connectivity index (χ2v) is 6.94. The van der Waals surface area contributed by atoms with E-state index >= 15 is 0 Å². The lowest BCUT2D eigenvalue weighted by Gasteiger charge is -2.38. The van der Waals surface area contributed by atoms with Crippen LogP contribution in [0, 0.1) is 11.8 Å². The molecule has 2 aliphatic rings. The van der Waals surface area contributed by atoms with Crippen molar-refractivity contribution in [3.63, 3.8) is 0 Å². The van der Waals surface area contributed by atoms with Gasteiger partial charge in [0.1, 0.15) is 0 Å². The fourth-order valence-electron chi connectivity index (χ4n) is 3.73. The van der Waals surface area contributed by atoms with E-state index in [-0.39, 0.29) is 0 Å². The molecule has 0 aromatic carbocycles. The predicted octanol–water partition coefficient (Wildman–Crippen LogP) is 2.86. The Balaban J connectivity index is 1.46. The third kappa shape index (κ3) is 3.73. The van der Waals surface area contributed by atoms with Gasteiger partial charge in [-0.3, -0.25) is 0 Å². The van der Waals surface area contributed by atoms with E-state index in [0.29, 0.717) is 6.04 Å². The highest BCUT2D eigenvalue weighted by Gasteiger charge is 2.28. The van der Waals surface area contributed by atoms with Gasteiger partial charge in [-0.2, -0.15) is 0 Å². The summed E-state index contributed by atoms with van der Waals surface area (Å²) in [6, 6.07) is 3.29. The summed E-state index contributed by atoms with van der Waals surface area (Å²) in [4.78, 5) is 11.0. The lowest BCUT2D eigenvalue weighted by atomic mass is 9.79. The molecule has 3 unspecified atom stereocenters. The molecule has 1 aromatic rings. The van der Waals surface area contributed by atoms with E-state index in [1.807, 2.05) is 18.5 Å². The van der Waals surface area contributed by atoms with Gasteiger partial charge in [0.25, 0.3) is 0 Å². The molecule has 4 heteroatoms. The number of nitrogens with one attached hydrogen (secondary N) is 1. The number of piperidine rings is 1. The van der Waals surface area contributed by atoms with E-state index in [4.69, 9.17) is 0 Å². The Bertz CT molecular complexity index is 428. The van der Waals surface area contributed by atoms with Crippen LogP contribution in [0.25, 0.3) is 0 Å². The van der Waals surface area contributed by atoms with Gasteiger partial charge in [-0.15, -0.1) is 0 Å². The Morgan fingerprint density at radius 2 is 1.67 bits per heavy atom. The minimum atomic E-state index is 0.676. The molecule has 1 aliphatic carbocycles. The normalized spacial score (nSPS) is 31.3. The summed E-state index contributed by atoms with van der Waals surface area (Å²) in [5.74, 6) is 2.66. The van der Waals surface area contributed by atoms with Crippen LogP contribution in [0.5, 0.6) is 0 Å². The Hall–Kier alpha value is -1.16. The topological polar surface area (TPSA) is 41.0 Å². The van der Waals surface area contributed by atoms with Crippen molar-refractivity contribution in [2.45, 2.75) is 58.0 Å². The Labute approximate surface area is 128 Å². The van der Waals surface area contributed by atoms with Crippen LogP contribution >= 0.6 is 0 Å². The SMILES string of the molecule is CC1CCC(NC2CCN(c3ncccn3)CC2)CC1C. The number of nitrogens with zero attached hydrogens (tertiary/aromatic N) is 3. The van der Waals surface area contributed by atoms with Gasteiger partial charge in [0.2, 0.25) is 5.95 Å². The molecular formula is C17H28N4. The molecule has 1 saturated heterocycles. The Morgan fingerprint density at radius 1 is 0.952 bits per heavy atom. The summed E-state index contributed by atoms with van der Waals surface area (Å²) in [6.07, 6.45) is 10.2. The maximum absolute atomic E-state index is 4.36. The van der Waals surface area contributed by atoms with Crippen LogP contribution in [-0.4, -0.2) is 35.1 Å². The number of rotatable bonds is 3. The number of hydrogen-bond donors (Lipinski definition) is 1. The van der Waals surface area contributed by atoms with E-state index < -0.39 is 0 Å². The van der Waals surface area contributed by atoms with Crippen LogP contribution in [0.1, 0.15) is 46.0 Å². The highest BCUT2D eigenvalue weighted by molar-refractivity contribution is 5.29. The molecule has 1 aromatic heterocycles. The Morgan fingerprint density at radius 3 is 2.33 bits per heavy atom. The minimum Gasteiger partial charge on any atom is -0.341 e. The number of anilines is 1. The van der Waals surface area contributed by atoms with Crippen molar-refractivity contribution in [2.75, 3.05) is 18.0 Å². The smallest absolute Gasteiger partial charge is 0.225 e. The van der Waals surface area contributed by atoms with E-state index in [1.54, 1.807) is 0 Å². The van der Waals surface area contributed by atoms with Crippen molar-refractivity contribution in [1.82, 2.24) is 15.3 Å². The van der Waals surface area contributed by atoms with E-state index in [2.05, 4.69) is 34.0 Å². The first-order chi connectivity index (χ1) is 10.2. The molecule has 1 saturated carbocycles. The first kappa shape index (κ1) is 14.8. The zero-order chi connectivity index (χ0) is 14.7. The van der Waals surface area contributed by atoms with Gasteiger partial charge in [0.05, 0.1) is 0 Å². The monoisotopic (exact) mass is 288 g/mol. The molecule has 0 radical (unpaired) electrons. The fraction of sp³-hybridized carbons (Fsp3) is 0.765. The Kier molecular flexibility index (Phi) is 4.73.